The molecule has 3 N–H and O–H groups in total. The SMILES string of the molecule is CCC(Sc1ncccc1N)C(=O)O. The lowest BCUT2D eigenvalue weighted by atomic mass is 10.3. The first-order valence-corrected chi connectivity index (χ1v) is 5.13. The van der Waals surface area contributed by atoms with Crippen molar-refractivity contribution in [3.05, 3.63) is 18.3 Å². The molecule has 14 heavy (non-hydrogen) atoms. The fourth-order valence-electron chi connectivity index (χ4n) is 0.945. The van der Waals surface area contributed by atoms with Crippen molar-refractivity contribution in [2.75, 3.05) is 5.73 Å². The zero-order valence-corrected chi connectivity index (χ0v) is 8.62. The van der Waals surface area contributed by atoms with Gasteiger partial charge in [0.15, 0.2) is 0 Å². The maximum atomic E-state index is 10.8. The van der Waals surface area contributed by atoms with Gasteiger partial charge in [0.2, 0.25) is 0 Å². The van der Waals surface area contributed by atoms with Gasteiger partial charge in [-0.1, -0.05) is 18.7 Å². The number of aliphatic carboxylic acids is 1. The van der Waals surface area contributed by atoms with E-state index in [2.05, 4.69) is 4.98 Å². The number of hydrogen-bond donors (Lipinski definition) is 2. The predicted molar refractivity (Wildman–Crippen MR) is 56.2 cm³/mol. The average molecular weight is 212 g/mol. The van der Waals surface area contributed by atoms with E-state index in [4.69, 9.17) is 10.8 Å². The minimum absolute atomic E-state index is 0.479. The van der Waals surface area contributed by atoms with Crippen LogP contribution in [0, 0.1) is 0 Å². The number of thioether (sulfide) groups is 1. The molecule has 4 nitrogen and oxygen atoms in total. The van der Waals surface area contributed by atoms with Gasteiger partial charge < -0.3 is 10.8 Å². The molecule has 0 spiro atoms. The fourth-order valence-corrected chi connectivity index (χ4v) is 1.81. The van der Waals surface area contributed by atoms with E-state index in [9.17, 15) is 4.79 Å². The molecule has 76 valence electrons. The number of rotatable bonds is 4. The number of carboxylic acid groups (broad SMARTS) is 1. The minimum Gasteiger partial charge on any atom is -0.480 e. The van der Waals surface area contributed by atoms with Gasteiger partial charge in [-0.2, -0.15) is 0 Å². The summed E-state index contributed by atoms with van der Waals surface area (Å²) in [6, 6.07) is 3.44. The van der Waals surface area contributed by atoms with Crippen molar-refractivity contribution in [2.24, 2.45) is 0 Å². The van der Waals surface area contributed by atoms with Crippen LogP contribution >= 0.6 is 11.8 Å². The van der Waals surface area contributed by atoms with Crippen LogP contribution in [-0.2, 0) is 4.79 Å². The molecule has 0 aliphatic rings. The van der Waals surface area contributed by atoms with Gasteiger partial charge >= 0.3 is 5.97 Å². The van der Waals surface area contributed by atoms with Crippen LogP contribution in [-0.4, -0.2) is 21.3 Å². The largest absolute Gasteiger partial charge is 0.480 e. The van der Waals surface area contributed by atoms with E-state index in [0.29, 0.717) is 17.1 Å². The van der Waals surface area contributed by atoms with Crippen LogP contribution in [0.3, 0.4) is 0 Å². The van der Waals surface area contributed by atoms with E-state index in [1.54, 1.807) is 18.3 Å². The molecule has 0 aliphatic carbocycles. The van der Waals surface area contributed by atoms with E-state index in [1.807, 2.05) is 6.92 Å². The molecule has 1 heterocycles. The molecule has 0 bridgehead atoms. The normalized spacial score (nSPS) is 12.4. The lowest BCUT2D eigenvalue weighted by molar-refractivity contribution is -0.136. The summed E-state index contributed by atoms with van der Waals surface area (Å²) in [5, 5.41) is 8.94. The minimum atomic E-state index is -0.831. The van der Waals surface area contributed by atoms with Crippen molar-refractivity contribution in [1.82, 2.24) is 4.98 Å². The number of nitrogen functional groups attached to an aromatic ring is 1. The Bertz CT molecular complexity index is 330. The predicted octanol–water partition coefficient (Wildman–Crippen LogP) is 1.62. The summed E-state index contributed by atoms with van der Waals surface area (Å²) in [4.78, 5) is 14.8. The maximum absolute atomic E-state index is 10.8. The van der Waals surface area contributed by atoms with Crippen molar-refractivity contribution in [2.45, 2.75) is 23.6 Å². The van der Waals surface area contributed by atoms with Crippen LogP contribution in [0.1, 0.15) is 13.3 Å². The molecule has 0 fully saturated rings. The quantitative estimate of drug-likeness (QED) is 0.742. The van der Waals surface area contributed by atoms with Crippen LogP contribution in [0.25, 0.3) is 0 Å². The monoisotopic (exact) mass is 212 g/mol. The third kappa shape index (κ3) is 2.63. The van der Waals surface area contributed by atoms with E-state index in [-0.39, 0.29) is 0 Å². The highest BCUT2D eigenvalue weighted by Crippen LogP contribution is 2.27. The second kappa shape index (κ2) is 4.85. The van der Waals surface area contributed by atoms with E-state index in [0.717, 1.165) is 0 Å². The van der Waals surface area contributed by atoms with Crippen molar-refractivity contribution in [1.29, 1.82) is 0 Å². The summed E-state index contributed by atoms with van der Waals surface area (Å²) in [6.45, 7) is 1.82. The topological polar surface area (TPSA) is 76.2 Å². The Balaban J connectivity index is 2.77. The first-order valence-electron chi connectivity index (χ1n) is 4.25. The third-order valence-corrected chi connectivity index (χ3v) is 3.08. The van der Waals surface area contributed by atoms with Crippen molar-refractivity contribution >= 4 is 23.4 Å². The van der Waals surface area contributed by atoms with Crippen LogP contribution in [0.4, 0.5) is 5.69 Å². The molecule has 0 saturated carbocycles. The molecule has 0 amide bonds. The highest BCUT2D eigenvalue weighted by Gasteiger charge is 2.18. The summed E-state index contributed by atoms with van der Waals surface area (Å²) in [6.07, 6.45) is 2.16. The number of nitrogens with two attached hydrogens (primary N) is 1. The Labute approximate surface area is 86.5 Å². The fraction of sp³-hybridized carbons (Fsp3) is 0.333. The highest BCUT2D eigenvalue weighted by atomic mass is 32.2. The smallest absolute Gasteiger partial charge is 0.317 e. The number of carboxylic acids is 1. The Morgan fingerprint density at radius 2 is 2.50 bits per heavy atom. The van der Waals surface area contributed by atoms with Gasteiger partial charge in [-0.25, -0.2) is 4.98 Å². The van der Waals surface area contributed by atoms with Gasteiger partial charge in [0.1, 0.15) is 10.3 Å². The standard InChI is InChI=1S/C9H12N2O2S/c1-2-7(9(12)13)14-8-6(10)4-3-5-11-8/h3-5,7H,2,10H2,1H3,(H,12,13). The van der Waals surface area contributed by atoms with Crippen molar-refractivity contribution in [3.63, 3.8) is 0 Å². The number of aromatic nitrogens is 1. The van der Waals surface area contributed by atoms with Gasteiger partial charge in [0, 0.05) is 6.20 Å². The number of anilines is 1. The molecular formula is C9H12N2O2S. The second-order valence-electron chi connectivity index (χ2n) is 2.75. The van der Waals surface area contributed by atoms with Crippen LogP contribution in [0.5, 0.6) is 0 Å². The summed E-state index contributed by atoms with van der Waals surface area (Å²) in [7, 11) is 0. The molecule has 1 aromatic heterocycles. The molecule has 0 radical (unpaired) electrons. The van der Waals surface area contributed by atoms with Crippen molar-refractivity contribution in [3.8, 4) is 0 Å². The van der Waals surface area contributed by atoms with Gasteiger partial charge in [0.05, 0.1) is 5.69 Å². The Kier molecular flexibility index (Phi) is 3.76. The maximum Gasteiger partial charge on any atom is 0.317 e. The molecular weight excluding hydrogens is 200 g/mol. The molecule has 5 heteroatoms. The number of pyridine rings is 1. The Hall–Kier alpha value is -1.23. The lowest BCUT2D eigenvalue weighted by Crippen LogP contribution is -2.15. The average Bonchev–Trinajstić information content (AvgIpc) is 2.16. The zero-order chi connectivity index (χ0) is 10.6. The van der Waals surface area contributed by atoms with Gasteiger partial charge in [0.25, 0.3) is 0 Å². The van der Waals surface area contributed by atoms with E-state index in [1.165, 1.54) is 11.8 Å². The summed E-state index contributed by atoms with van der Waals surface area (Å²) in [5.74, 6) is -0.831. The lowest BCUT2D eigenvalue weighted by Gasteiger charge is -2.09. The highest BCUT2D eigenvalue weighted by molar-refractivity contribution is 8.00. The Morgan fingerprint density at radius 3 is 3.00 bits per heavy atom. The molecule has 0 saturated heterocycles. The number of hydrogen-bond acceptors (Lipinski definition) is 4. The first-order chi connectivity index (χ1) is 6.65. The number of nitrogens with zero attached hydrogens (tertiary/aromatic N) is 1. The van der Waals surface area contributed by atoms with Crippen LogP contribution in [0.15, 0.2) is 23.4 Å². The van der Waals surface area contributed by atoms with Crippen LogP contribution < -0.4 is 5.73 Å². The third-order valence-electron chi connectivity index (χ3n) is 1.70. The van der Waals surface area contributed by atoms with Gasteiger partial charge in [-0.3, -0.25) is 4.79 Å². The Morgan fingerprint density at radius 1 is 1.79 bits per heavy atom. The molecule has 1 unspecified atom stereocenters. The van der Waals surface area contributed by atoms with Gasteiger partial charge in [-0.15, -0.1) is 0 Å². The van der Waals surface area contributed by atoms with Crippen LogP contribution in [0.2, 0.25) is 0 Å². The summed E-state index contributed by atoms with van der Waals surface area (Å²) < 4.78 is 0. The van der Waals surface area contributed by atoms with Gasteiger partial charge in [-0.05, 0) is 18.6 Å². The number of carbonyl (C=O) groups is 1. The molecule has 1 aromatic rings. The van der Waals surface area contributed by atoms with E-state index < -0.39 is 11.2 Å². The van der Waals surface area contributed by atoms with E-state index >= 15 is 0 Å². The molecule has 0 aromatic carbocycles. The molecule has 1 rings (SSSR count). The second-order valence-corrected chi connectivity index (χ2v) is 3.94. The summed E-state index contributed by atoms with van der Waals surface area (Å²) in [5.41, 5.74) is 6.17. The summed E-state index contributed by atoms with van der Waals surface area (Å²) >= 11 is 1.19. The zero-order valence-electron chi connectivity index (χ0n) is 7.80. The molecule has 1 atom stereocenters. The molecule has 0 aliphatic heterocycles. The van der Waals surface area contributed by atoms with Crippen molar-refractivity contribution < 1.29 is 9.90 Å². The first kappa shape index (κ1) is 10.8.